The molecule has 1 aliphatic heterocycles. The zero-order valence-electron chi connectivity index (χ0n) is 13.0. The Morgan fingerprint density at radius 3 is 2.76 bits per heavy atom. The SMILES string of the molecule is COC(CN)CC(=O)N1CCCC1Cc1ccc(C)cc1. The number of nitrogens with two attached hydrogens (primary N) is 1. The lowest BCUT2D eigenvalue weighted by Crippen LogP contribution is -2.40. The molecule has 2 N–H and O–H groups in total. The fourth-order valence-corrected chi connectivity index (χ4v) is 2.95. The van der Waals surface area contributed by atoms with Crippen molar-refractivity contribution in [2.45, 2.75) is 44.8 Å². The van der Waals surface area contributed by atoms with Gasteiger partial charge in [0.1, 0.15) is 0 Å². The van der Waals surface area contributed by atoms with Crippen LogP contribution in [0.5, 0.6) is 0 Å². The van der Waals surface area contributed by atoms with Gasteiger partial charge in [-0.15, -0.1) is 0 Å². The van der Waals surface area contributed by atoms with Crippen LogP contribution in [-0.4, -0.2) is 43.2 Å². The van der Waals surface area contributed by atoms with Crippen LogP contribution in [0.15, 0.2) is 24.3 Å². The Bertz CT molecular complexity index is 454. The normalized spacial score (nSPS) is 19.8. The predicted octanol–water partition coefficient (Wildman–Crippen LogP) is 1.89. The lowest BCUT2D eigenvalue weighted by atomic mass is 10.0. The third-order valence-electron chi connectivity index (χ3n) is 4.29. The number of likely N-dealkylation sites (tertiary alicyclic amines) is 1. The van der Waals surface area contributed by atoms with E-state index in [-0.39, 0.29) is 12.0 Å². The highest BCUT2D eigenvalue weighted by Gasteiger charge is 2.29. The molecule has 0 spiro atoms. The predicted molar refractivity (Wildman–Crippen MR) is 84.1 cm³/mol. The van der Waals surface area contributed by atoms with Gasteiger partial charge in [0, 0.05) is 26.2 Å². The van der Waals surface area contributed by atoms with Crippen molar-refractivity contribution in [3.05, 3.63) is 35.4 Å². The van der Waals surface area contributed by atoms with Crippen LogP contribution in [0, 0.1) is 6.92 Å². The zero-order chi connectivity index (χ0) is 15.2. The summed E-state index contributed by atoms with van der Waals surface area (Å²) < 4.78 is 5.22. The molecule has 1 aliphatic rings. The number of ether oxygens (including phenoxy) is 1. The summed E-state index contributed by atoms with van der Waals surface area (Å²) in [4.78, 5) is 14.4. The Hall–Kier alpha value is -1.39. The van der Waals surface area contributed by atoms with Crippen LogP contribution < -0.4 is 5.73 Å². The maximum absolute atomic E-state index is 12.4. The van der Waals surface area contributed by atoms with Gasteiger partial charge in [0.2, 0.25) is 5.91 Å². The Morgan fingerprint density at radius 1 is 1.43 bits per heavy atom. The molecule has 1 saturated heterocycles. The first-order valence-electron chi connectivity index (χ1n) is 7.72. The molecule has 4 heteroatoms. The molecule has 1 fully saturated rings. The van der Waals surface area contributed by atoms with Crippen LogP contribution in [0.25, 0.3) is 0 Å². The highest BCUT2D eigenvalue weighted by molar-refractivity contribution is 5.77. The number of nitrogens with zero attached hydrogens (tertiary/aromatic N) is 1. The van der Waals surface area contributed by atoms with Crippen molar-refractivity contribution in [1.82, 2.24) is 4.90 Å². The topological polar surface area (TPSA) is 55.6 Å². The molecule has 0 radical (unpaired) electrons. The second kappa shape index (κ2) is 7.57. The van der Waals surface area contributed by atoms with E-state index in [0.717, 1.165) is 25.8 Å². The van der Waals surface area contributed by atoms with Gasteiger partial charge >= 0.3 is 0 Å². The Balaban J connectivity index is 1.96. The van der Waals surface area contributed by atoms with Crippen molar-refractivity contribution in [2.24, 2.45) is 5.73 Å². The number of aryl methyl sites for hydroxylation is 1. The van der Waals surface area contributed by atoms with Crippen LogP contribution in [0.2, 0.25) is 0 Å². The molecule has 0 saturated carbocycles. The minimum Gasteiger partial charge on any atom is -0.380 e. The first-order valence-corrected chi connectivity index (χ1v) is 7.72. The Labute approximate surface area is 127 Å². The van der Waals surface area contributed by atoms with Crippen LogP contribution in [0.1, 0.15) is 30.4 Å². The highest BCUT2D eigenvalue weighted by atomic mass is 16.5. The molecule has 0 aliphatic carbocycles. The molecule has 0 bridgehead atoms. The van der Waals surface area contributed by atoms with E-state index in [4.69, 9.17) is 10.5 Å². The first kappa shape index (κ1) is 16.0. The second-order valence-corrected chi connectivity index (χ2v) is 5.87. The maximum atomic E-state index is 12.4. The van der Waals surface area contributed by atoms with Gasteiger partial charge in [0.15, 0.2) is 0 Å². The second-order valence-electron chi connectivity index (χ2n) is 5.87. The maximum Gasteiger partial charge on any atom is 0.225 e. The summed E-state index contributed by atoms with van der Waals surface area (Å²) in [6.07, 6.45) is 3.32. The molecular weight excluding hydrogens is 264 g/mol. The van der Waals surface area contributed by atoms with E-state index in [2.05, 4.69) is 31.2 Å². The van der Waals surface area contributed by atoms with E-state index in [1.807, 2.05) is 4.90 Å². The molecule has 2 rings (SSSR count). The fraction of sp³-hybridized carbons (Fsp3) is 0.588. The summed E-state index contributed by atoms with van der Waals surface area (Å²) in [5.41, 5.74) is 8.17. The lowest BCUT2D eigenvalue weighted by Gasteiger charge is -2.26. The standard InChI is InChI=1S/C17H26N2O2/c1-13-5-7-14(8-6-13)10-15-4-3-9-19(15)17(20)11-16(12-18)21-2/h5-8,15-16H,3-4,9-12,18H2,1-2H3. The molecule has 1 heterocycles. The first-order chi connectivity index (χ1) is 10.1. The highest BCUT2D eigenvalue weighted by Crippen LogP contribution is 2.22. The van der Waals surface area contributed by atoms with Crippen molar-refractivity contribution in [3.63, 3.8) is 0 Å². The Kier molecular flexibility index (Phi) is 5.76. The third-order valence-corrected chi connectivity index (χ3v) is 4.29. The quantitative estimate of drug-likeness (QED) is 0.870. The third kappa shape index (κ3) is 4.29. The molecule has 0 aromatic heterocycles. The van der Waals surface area contributed by atoms with Gasteiger partial charge in [0.25, 0.3) is 0 Å². The summed E-state index contributed by atoms with van der Waals surface area (Å²) in [7, 11) is 1.61. The molecule has 1 aromatic rings. The summed E-state index contributed by atoms with van der Waals surface area (Å²) >= 11 is 0. The number of carbonyl (C=O) groups excluding carboxylic acids is 1. The van der Waals surface area contributed by atoms with Crippen LogP contribution in [0.3, 0.4) is 0 Å². The average molecular weight is 290 g/mol. The average Bonchev–Trinajstić information content (AvgIpc) is 2.95. The van der Waals surface area contributed by atoms with Gasteiger partial charge in [-0.3, -0.25) is 4.79 Å². The van der Waals surface area contributed by atoms with E-state index in [9.17, 15) is 4.79 Å². The van der Waals surface area contributed by atoms with Crippen molar-refractivity contribution >= 4 is 5.91 Å². The summed E-state index contributed by atoms with van der Waals surface area (Å²) in [6, 6.07) is 8.90. The van der Waals surface area contributed by atoms with E-state index in [0.29, 0.717) is 19.0 Å². The zero-order valence-corrected chi connectivity index (χ0v) is 13.0. The minimum absolute atomic E-state index is 0.168. The summed E-state index contributed by atoms with van der Waals surface area (Å²) in [5.74, 6) is 0.168. The van der Waals surface area contributed by atoms with Gasteiger partial charge < -0.3 is 15.4 Å². The largest absolute Gasteiger partial charge is 0.380 e. The molecule has 116 valence electrons. The van der Waals surface area contributed by atoms with Crippen LogP contribution in [-0.2, 0) is 16.0 Å². The van der Waals surface area contributed by atoms with Crippen LogP contribution >= 0.6 is 0 Å². The van der Waals surface area contributed by atoms with E-state index in [1.54, 1.807) is 7.11 Å². The smallest absolute Gasteiger partial charge is 0.225 e. The van der Waals surface area contributed by atoms with E-state index < -0.39 is 0 Å². The number of hydrogen-bond acceptors (Lipinski definition) is 3. The van der Waals surface area contributed by atoms with E-state index >= 15 is 0 Å². The summed E-state index contributed by atoms with van der Waals surface area (Å²) in [6.45, 7) is 3.34. The monoisotopic (exact) mass is 290 g/mol. The van der Waals surface area contributed by atoms with Crippen molar-refractivity contribution in [1.29, 1.82) is 0 Å². The molecule has 2 unspecified atom stereocenters. The molecule has 1 aromatic carbocycles. The number of rotatable bonds is 6. The molecule has 21 heavy (non-hydrogen) atoms. The van der Waals surface area contributed by atoms with Gasteiger partial charge in [-0.2, -0.15) is 0 Å². The number of amides is 1. The Morgan fingerprint density at radius 2 is 2.14 bits per heavy atom. The number of hydrogen-bond donors (Lipinski definition) is 1. The van der Waals surface area contributed by atoms with Gasteiger partial charge in [0.05, 0.1) is 12.5 Å². The van der Waals surface area contributed by atoms with E-state index in [1.165, 1.54) is 11.1 Å². The van der Waals surface area contributed by atoms with Gasteiger partial charge in [-0.05, 0) is 31.7 Å². The number of carbonyl (C=O) groups is 1. The molecule has 4 nitrogen and oxygen atoms in total. The van der Waals surface area contributed by atoms with Crippen molar-refractivity contribution < 1.29 is 9.53 Å². The summed E-state index contributed by atoms with van der Waals surface area (Å²) in [5, 5.41) is 0. The molecule has 2 atom stereocenters. The van der Waals surface area contributed by atoms with Crippen molar-refractivity contribution in [2.75, 3.05) is 20.2 Å². The van der Waals surface area contributed by atoms with Gasteiger partial charge in [-0.1, -0.05) is 29.8 Å². The number of methoxy groups -OCH3 is 1. The molecular formula is C17H26N2O2. The lowest BCUT2D eigenvalue weighted by molar-refractivity contribution is -0.134. The van der Waals surface area contributed by atoms with Crippen molar-refractivity contribution in [3.8, 4) is 0 Å². The minimum atomic E-state index is -0.168. The fourth-order valence-electron chi connectivity index (χ4n) is 2.95. The number of benzene rings is 1. The van der Waals surface area contributed by atoms with Crippen LogP contribution in [0.4, 0.5) is 0 Å². The van der Waals surface area contributed by atoms with Gasteiger partial charge in [-0.25, -0.2) is 0 Å². The molecule has 1 amide bonds.